The minimum absolute atomic E-state index is 0.165. The van der Waals surface area contributed by atoms with E-state index in [9.17, 15) is 4.79 Å². The van der Waals surface area contributed by atoms with Crippen LogP contribution in [0, 0.1) is 0 Å². The van der Waals surface area contributed by atoms with Gasteiger partial charge in [-0.05, 0) is 61.0 Å². The van der Waals surface area contributed by atoms with Crippen LogP contribution in [0.3, 0.4) is 0 Å². The van der Waals surface area contributed by atoms with Gasteiger partial charge in [-0.1, -0.05) is 24.3 Å². The Bertz CT molecular complexity index is 730. The Morgan fingerprint density at radius 3 is 2.60 bits per heavy atom. The third-order valence-electron chi connectivity index (χ3n) is 3.13. The molecule has 0 bridgehead atoms. The van der Waals surface area contributed by atoms with Crippen molar-refractivity contribution in [1.82, 2.24) is 5.43 Å². The zero-order valence-corrected chi connectivity index (χ0v) is 15.4. The second-order valence-electron chi connectivity index (χ2n) is 5.12. The molecule has 130 valence electrons. The number of rotatable bonds is 8. The summed E-state index contributed by atoms with van der Waals surface area (Å²) in [5.74, 6) is 0.594. The Morgan fingerprint density at radius 1 is 1.28 bits per heavy atom. The van der Waals surface area contributed by atoms with Crippen molar-refractivity contribution in [2.75, 3.05) is 6.61 Å². The Kier molecular flexibility index (Phi) is 7.57. The van der Waals surface area contributed by atoms with E-state index in [2.05, 4.69) is 17.1 Å². The molecule has 0 aliphatic heterocycles. The first-order valence-corrected chi connectivity index (χ1v) is 8.93. The summed E-state index contributed by atoms with van der Waals surface area (Å²) in [5.41, 5.74) is 3.42. The molecule has 1 atom stereocenters. The van der Waals surface area contributed by atoms with Crippen LogP contribution < -0.4 is 10.2 Å². The van der Waals surface area contributed by atoms with Gasteiger partial charge in [-0.15, -0.1) is 11.8 Å². The molecule has 1 N–H and O–H groups in total. The lowest BCUT2D eigenvalue weighted by atomic mass is 10.2. The van der Waals surface area contributed by atoms with Crippen LogP contribution >= 0.6 is 23.4 Å². The van der Waals surface area contributed by atoms with Gasteiger partial charge >= 0.3 is 0 Å². The maximum atomic E-state index is 12.1. The van der Waals surface area contributed by atoms with Gasteiger partial charge in [0, 0.05) is 9.92 Å². The number of halogens is 1. The van der Waals surface area contributed by atoms with E-state index in [4.69, 9.17) is 16.3 Å². The third-order valence-corrected chi connectivity index (χ3v) is 4.50. The van der Waals surface area contributed by atoms with Gasteiger partial charge in [-0.2, -0.15) is 5.10 Å². The van der Waals surface area contributed by atoms with Crippen LogP contribution in [0.25, 0.3) is 0 Å². The van der Waals surface area contributed by atoms with Crippen molar-refractivity contribution >= 4 is 35.5 Å². The number of thioether (sulfide) groups is 1. The van der Waals surface area contributed by atoms with Crippen molar-refractivity contribution in [2.24, 2.45) is 5.10 Å². The van der Waals surface area contributed by atoms with E-state index in [1.807, 2.05) is 43.3 Å². The Balaban J connectivity index is 1.82. The molecular weight excluding hydrogens is 356 g/mol. The van der Waals surface area contributed by atoms with E-state index >= 15 is 0 Å². The second-order valence-corrected chi connectivity index (χ2v) is 6.97. The van der Waals surface area contributed by atoms with Crippen molar-refractivity contribution < 1.29 is 9.53 Å². The molecule has 0 fully saturated rings. The van der Waals surface area contributed by atoms with E-state index in [1.165, 1.54) is 11.8 Å². The number of ether oxygens (including phenoxy) is 1. The smallest absolute Gasteiger partial charge is 0.253 e. The van der Waals surface area contributed by atoms with Crippen LogP contribution in [0.5, 0.6) is 5.75 Å². The molecule has 0 saturated carbocycles. The number of carbonyl (C=O) groups is 1. The Labute approximate surface area is 156 Å². The molecule has 0 unspecified atom stereocenters. The summed E-state index contributed by atoms with van der Waals surface area (Å²) in [4.78, 5) is 13.1. The number of carbonyl (C=O) groups excluding carboxylic acids is 1. The van der Waals surface area contributed by atoms with Crippen molar-refractivity contribution in [2.45, 2.75) is 17.1 Å². The van der Waals surface area contributed by atoms with Gasteiger partial charge in [-0.25, -0.2) is 5.43 Å². The minimum Gasteiger partial charge on any atom is -0.490 e. The molecule has 2 rings (SSSR count). The quantitative estimate of drug-likeness (QED) is 0.319. The van der Waals surface area contributed by atoms with Gasteiger partial charge in [0.2, 0.25) is 0 Å². The number of hydrogen-bond donors (Lipinski definition) is 1. The summed E-state index contributed by atoms with van der Waals surface area (Å²) in [7, 11) is 0. The minimum atomic E-state index is -0.270. The summed E-state index contributed by atoms with van der Waals surface area (Å²) in [6, 6.07) is 14.8. The molecular formula is C19H19ClN2O2S. The highest BCUT2D eigenvalue weighted by Gasteiger charge is 2.13. The fourth-order valence-corrected chi connectivity index (χ4v) is 2.82. The lowest BCUT2D eigenvalue weighted by Gasteiger charge is -2.09. The maximum Gasteiger partial charge on any atom is 0.253 e. The highest BCUT2D eigenvalue weighted by molar-refractivity contribution is 8.00. The van der Waals surface area contributed by atoms with Crippen LogP contribution in [-0.2, 0) is 4.79 Å². The number of nitrogens with zero attached hydrogens (tertiary/aromatic N) is 1. The molecule has 25 heavy (non-hydrogen) atoms. The van der Waals surface area contributed by atoms with Crippen molar-refractivity contribution in [3.05, 3.63) is 71.8 Å². The Hall–Kier alpha value is -2.24. The second kappa shape index (κ2) is 9.91. The molecule has 0 aromatic heterocycles. The van der Waals surface area contributed by atoms with Gasteiger partial charge < -0.3 is 4.74 Å². The Morgan fingerprint density at radius 2 is 1.96 bits per heavy atom. The van der Waals surface area contributed by atoms with Gasteiger partial charge in [0.1, 0.15) is 12.4 Å². The number of nitrogens with one attached hydrogen (secondary N) is 1. The normalized spacial score (nSPS) is 11.9. The monoisotopic (exact) mass is 374 g/mol. The molecule has 0 radical (unpaired) electrons. The highest BCUT2D eigenvalue weighted by atomic mass is 35.5. The van der Waals surface area contributed by atoms with Crippen molar-refractivity contribution in [3.63, 3.8) is 0 Å². The first-order chi connectivity index (χ1) is 12.1. The lowest BCUT2D eigenvalue weighted by molar-refractivity contribution is -0.120. The zero-order chi connectivity index (χ0) is 18.1. The van der Waals surface area contributed by atoms with Gasteiger partial charge in [0.25, 0.3) is 5.91 Å². The first-order valence-electron chi connectivity index (χ1n) is 7.67. The number of benzene rings is 2. The molecule has 4 nitrogen and oxygen atoms in total. The molecule has 0 heterocycles. The number of hydrogen-bond acceptors (Lipinski definition) is 4. The van der Waals surface area contributed by atoms with E-state index in [1.54, 1.807) is 24.4 Å². The summed E-state index contributed by atoms with van der Waals surface area (Å²) in [6.45, 7) is 5.89. The van der Waals surface area contributed by atoms with Crippen molar-refractivity contribution in [3.8, 4) is 5.75 Å². The van der Waals surface area contributed by atoms with Gasteiger partial charge in [0.15, 0.2) is 0 Å². The van der Waals surface area contributed by atoms with Crippen LogP contribution in [-0.4, -0.2) is 24.0 Å². The summed E-state index contributed by atoms with van der Waals surface area (Å²) in [5, 5.41) is 4.40. The fraction of sp³-hybridized carbons (Fsp3) is 0.158. The van der Waals surface area contributed by atoms with Crippen LogP contribution in [0.4, 0.5) is 0 Å². The predicted molar refractivity (Wildman–Crippen MR) is 105 cm³/mol. The van der Waals surface area contributed by atoms with Gasteiger partial charge in [-0.3, -0.25) is 4.79 Å². The van der Waals surface area contributed by atoms with E-state index in [-0.39, 0.29) is 11.2 Å². The van der Waals surface area contributed by atoms with E-state index < -0.39 is 0 Å². The predicted octanol–water partition coefficient (Wildman–Crippen LogP) is 4.54. The van der Waals surface area contributed by atoms with E-state index in [0.29, 0.717) is 11.6 Å². The van der Waals surface area contributed by atoms with Crippen LogP contribution in [0.1, 0.15) is 12.5 Å². The largest absolute Gasteiger partial charge is 0.490 e. The summed E-state index contributed by atoms with van der Waals surface area (Å²) >= 11 is 7.30. The first kappa shape index (κ1) is 19.1. The summed E-state index contributed by atoms with van der Waals surface area (Å²) in [6.07, 6.45) is 3.28. The average Bonchev–Trinajstić information content (AvgIpc) is 2.62. The molecule has 6 heteroatoms. The molecule has 1 amide bonds. The molecule has 0 aliphatic carbocycles. The van der Waals surface area contributed by atoms with Crippen LogP contribution in [0.15, 0.2) is 71.2 Å². The topological polar surface area (TPSA) is 50.7 Å². The standard InChI is InChI=1S/C19H19ClN2O2S/c1-3-12-24-17-8-4-15(5-9-17)13-21-22-19(23)14(2)25-18-10-6-16(20)7-11-18/h3-11,13-14H,1,12H2,2H3,(H,22,23)/b21-13-/t14-/m0/s1. The van der Waals surface area contributed by atoms with Gasteiger partial charge in [0.05, 0.1) is 11.5 Å². The molecule has 0 spiro atoms. The lowest BCUT2D eigenvalue weighted by Crippen LogP contribution is -2.26. The molecule has 2 aromatic carbocycles. The maximum absolute atomic E-state index is 12.1. The molecule has 0 saturated heterocycles. The van der Waals surface area contributed by atoms with Crippen molar-refractivity contribution in [1.29, 1.82) is 0 Å². The highest BCUT2D eigenvalue weighted by Crippen LogP contribution is 2.24. The summed E-state index contributed by atoms with van der Waals surface area (Å²) < 4.78 is 5.40. The number of hydrazone groups is 1. The molecule has 0 aliphatic rings. The van der Waals surface area contributed by atoms with Crippen LogP contribution in [0.2, 0.25) is 5.02 Å². The average molecular weight is 375 g/mol. The molecule has 2 aromatic rings. The van der Waals surface area contributed by atoms with E-state index in [0.717, 1.165) is 16.2 Å². The number of amides is 1. The zero-order valence-electron chi connectivity index (χ0n) is 13.8. The SMILES string of the molecule is C=CCOc1ccc(/C=N\NC(=O)[C@H](C)Sc2ccc(Cl)cc2)cc1. The fourth-order valence-electron chi connectivity index (χ4n) is 1.84. The third kappa shape index (κ3) is 6.64.